The highest BCUT2D eigenvalue weighted by molar-refractivity contribution is 14.0. The summed E-state index contributed by atoms with van der Waals surface area (Å²) in [5, 5.41) is 3.38. The lowest BCUT2D eigenvalue weighted by Gasteiger charge is -2.34. The van der Waals surface area contributed by atoms with Gasteiger partial charge in [0.25, 0.3) is 0 Å². The van der Waals surface area contributed by atoms with Crippen LogP contribution in [0, 0.1) is 5.92 Å². The third kappa shape index (κ3) is 6.32. The molecule has 1 unspecified atom stereocenters. The molecular formula is C19H31IN4O4. The number of benzene rings is 1. The van der Waals surface area contributed by atoms with E-state index in [4.69, 9.17) is 19.9 Å². The zero-order chi connectivity index (χ0) is 19.8. The first-order valence-corrected chi connectivity index (χ1v) is 9.05. The van der Waals surface area contributed by atoms with Crippen LogP contribution in [0.2, 0.25) is 0 Å². The van der Waals surface area contributed by atoms with Crippen molar-refractivity contribution in [2.24, 2.45) is 16.6 Å². The fraction of sp³-hybridized carbons (Fsp3) is 0.579. The Balaban J connectivity index is 0.00000392. The molecule has 9 heteroatoms. The van der Waals surface area contributed by atoms with Crippen LogP contribution in [0.1, 0.15) is 24.8 Å². The van der Waals surface area contributed by atoms with Gasteiger partial charge in [0.1, 0.15) is 0 Å². The maximum absolute atomic E-state index is 11.2. The summed E-state index contributed by atoms with van der Waals surface area (Å²) in [6.07, 6.45) is 2.45. The monoisotopic (exact) mass is 506 g/mol. The number of nitrogens with one attached hydrogen (secondary N) is 1. The van der Waals surface area contributed by atoms with Crippen LogP contribution in [0.4, 0.5) is 0 Å². The Morgan fingerprint density at radius 1 is 1.25 bits per heavy atom. The highest BCUT2D eigenvalue weighted by Gasteiger charge is 2.23. The predicted octanol–water partition coefficient (Wildman–Crippen LogP) is 1.99. The van der Waals surface area contributed by atoms with E-state index in [1.165, 1.54) is 0 Å². The number of hydrogen-bond acceptors (Lipinski definition) is 5. The minimum Gasteiger partial charge on any atom is -0.493 e. The second-order valence-electron chi connectivity index (χ2n) is 6.56. The molecular weight excluding hydrogens is 475 g/mol. The molecule has 1 fully saturated rings. The fourth-order valence-corrected chi connectivity index (χ4v) is 3.46. The van der Waals surface area contributed by atoms with Gasteiger partial charge in [0, 0.05) is 33.1 Å². The van der Waals surface area contributed by atoms with Crippen LogP contribution < -0.4 is 25.3 Å². The Kier molecular flexibility index (Phi) is 10.2. The maximum Gasteiger partial charge on any atom is 0.217 e. The quantitative estimate of drug-likeness (QED) is 0.334. The van der Waals surface area contributed by atoms with E-state index in [0.717, 1.165) is 37.5 Å². The lowest BCUT2D eigenvalue weighted by molar-refractivity contribution is -0.119. The lowest BCUT2D eigenvalue weighted by atomic mass is 9.95. The number of amides is 1. The predicted molar refractivity (Wildman–Crippen MR) is 120 cm³/mol. The van der Waals surface area contributed by atoms with Crippen LogP contribution in [0.5, 0.6) is 17.2 Å². The van der Waals surface area contributed by atoms with Gasteiger partial charge in [-0.1, -0.05) is 0 Å². The molecule has 1 heterocycles. The average Bonchev–Trinajstić information content (AvgIpc) is 2.67. The summed E-state index contributed by atoms with van der Waals surface area (Å²) in [4.78, 5) is 17.8. The van der Waals surface area contributed by atoms with Gasteiger partial charge < -0.3 is 30.2 Å². The van der Waals surface area contributed by atoms with Gasteiger partial charge in [-0.3, -0.25) is 9.79 Å². The Labute approximate surface area is 183 Å². The SMILES string of the molecule is CN=C(NCc1cc(OC)c(OC)c(OC)c1)N1CCCC(CC(N)=O)C1.I. The number of likely N-dealkylation sites (tertiary alicyclic amines) is 1. The van der Waals surface area contributed by atoms with Crippen molar-refractivity contribution >= 4 is 35.8 Å². The number of halogens is 1. The van der Waals surface area contributed by atoms with Gasteiger partial charge in [0.15, 0.2) is 17.5 Å². The van der Waals surface area contributed by atoms with E-state index in [1.807, 2.05) is 12.1 Å². The van der Waals surface area contributed by atoms with Crippen molar-refractivity contribution in [3.05, 3.63) is 17.7 Å². The Morgan fingerprint density at radius 3 is 2.39 bits per heavy atom. The van der Waals surface area contributed by atoms with Crippen molar-refractivity contribution in [3.63, 3.8) is 0 Å². The van der Waals surface area contributed by atoms with Gasteiger partial charge in [0.05, 0.1) is 21.3 Å². The molecule has 0 saturated carbocycles. The van der Waals surface area contributed by atoms with Crippen molar-refractivity contribution in [3.8, 4) is 17.2 Å². The first kappa shape index (κ1) is 24.1. The standard InChI is InChI=1S/C19H30N4O4.HI/c1-21-19(23-7-5-6-13(12-23)10-17(20)24)22-11-14-8-15(25-2)18(27-4)16(9-14)26-3;/h8-9,13H,5-7,10-12H2,1-4H3,(H2,20,24)(H,21,22);1H. The smallest absolute Gasteiger partial charge is 0.217 e. The molecule has 0 aliphatic carbocycles. The van der Waals surface area contributed by atoms with Crippen LogP contribution in [0.15, 0.2) is 17.1 Å². The molecule has 1 aliphatic heterocycles. The normalized spacial score (nSPS) is 16.8. The second-order valence-corrected chi connectivity index (χ2v) is 6.56. The number of nitrogens with zero attached hydrogens (tertiary/aromatic N) is 2. The molecule has 0 aromatic heterocycles. The summed E-state index contributed by atoms with van der Waals surface area (Å²) in [6.45, 7) is 2.24. The van der Waals surface area contributed by atoms with Gasteiger partial charge in [-0.2, -0.15) is 0 Å². The zero-order valence-electron chi connectivity index (χ0n) is 17.0. The molecule has 3 N–H and O–H groups in total. The second kappa shape index (κ2) is 11.8. The molecule has 1 aromatic rings. The molecule has 28 heavy (non-hydrogen) atoms. The number of aliphatic imine (C=N–C) groups is 1. The number of nitrogens with two attached hydrogens (primary N) is 1. The maximum atomic E-state index is 11.2. The molecule has 1 amide bonds. The molecule has 1 aliphatic rings. The van der Waals surface area contributed by atoms with Crippen molar-refractivity contribution in [1.82, 2.24) is 10.2 Å². The Hall–Kier alpha value is -1.91. The first-order valence-electron chi connectivity index (χ1n) is 9.05. The Bertz CT molecular complexity index is 659. The summed E-state index contributed by atoms with van der Waals surface area (Å²) in [6, 6.07) is 3.82. The van der Waals surface area contributed by atoms with Crippen LogP contribution in [-0.2, 0) is 11.3 Å². The highest BCUT2D eigenvalue weighted by atomic mass is 127. The largest absolute Gasteiger partial charge is 0.493 e. The molecule has 0 radical (unpaired) electrons. The van der Waals surface area contributed by atoms with E-state index in [2.05, 4.69) is 15.2 Å². The number of hydrogen-bond donors (Lipinski definition) is 2. The average molecular weight is 506 g/mol. The topological polar surface area (TPSA) is 98.4 Å². The van der Waals surface area contributed by atoms with Crippen molar-refractivity contribution in [2.75, 3.05) is 41.5 Å². The van der Waals surface area contributed by atoms with Gasteiger partial charge in [0.2, 0.25) is 11.7 Å². The molecule has 0 bridgehead atoms. The van der Waals surface area contributed by atoms with E-state index >= 15 is 0 Å². The molecule has 1 saturated heterocycles. The number of guanidine groups is 1. The minimum atomic E-state index is -0.248. The van der Waals surface area contributed by atoms with Crippen molar-refractivity contribution in [2.45, 2.75) is 25.8 Å². The summed E-state index contributed by atoms with van der Waals surface area (Å²) < 4.78 is 16.2. The van der Waals surface area contributed by atoms with Crippen LogP contribution in [0.3, 0.4) is 0 Å². The van der Waals surface area contributed by atoms with E-state index in [1.54, 1.807) is 28.4 Å². The first-order chi connectivity index (χ1) is 13.0. The molecule has 2 rings (SSSR count). The van der Waals surface area contributed by atoms with Gasteiger partial charge in [-0.05, 0) is 36.5 Å². The molecule has 1 aromatic carbocycles. The summed E-state index contributed by atoms with van der Waals surface area (Å²) in [5.41, 5.74) is 6.34. The van der Waals surface area contributed by atoms with Gasteiger partial charge in [-0.25, -0.2) is 0 Å². The molecule has 1 atom stereocenters. The van der Waals surface area contributed by atoms with E-state index in [0.29, 0.717) is 30.2 Å². The number of piperidine rings is 1. The number of carbonyl (C=O) groups excluding carboxylic acids is 1. The lowest BCUT2D eigenvalue weighted by Crippen LogP contribution is -2.46. The summed E-state index contributed by atoms with van der Waals surface area (Å²) >= 11 is 0. The van der Waals surface area contributed by atoms with E-state index < -0.39 is 0 Å². The summed E-state index contributed by atoms with van der Waals surface area (Å²) in [7, 11) is 6.54. The van der Waals surface area contributed by atoms with E-state index in [-0.39, 0.29) is 35.8 Å². The van der Waals surface area contributed by atoms with Crippen LogP contribution in [0.25, 0.3) is 0 Å². The molecule has 158 valence electrons. The minimum absolute atomic E-state index is 0. The fourth-order valence-electron chi connectivity index (χ4n) is 3.46. The van der Waals surface area contributed by atoms with Gasteiger partial charge in [-0.15, -0.1) is 24.0 Å². The number of primary amides is 1. The number of ether oxygens (including phenoxy) is 3. The highest BCUT2D eigenvalue weighted by Crippen LogP contribution is 2.38. The summed E-state index contributed by atoms with van der Waals surface area (Å²) in [5.74, 6) is 2.63. The third-order valence-electron chi connectivity index (χ3n) is 4.70. The van der Waals surface area contributed by atoms with Crippen molar-refractivity contribution < 1.29 is 19.0 Å². The zero-order valence-corrected chi connectivity index (χ0v) is 19.3. The van der Waals surface area contributed by atoms with Crippen LogP contribution in [-0.4, -0.2) is 58.2 Å². The van der Waals surface area contributed by atoms with Gasteiger partial charge >= 0.3 is 0 Å². The van der Waals surface area contributed by atoms with Crippen LogP contribution >= 0.6 is 24.0 Å². The van der Waals surface area contributed by atoms with E-state index in [9.17, 15) is 4.79 Å². The number of carbonyl (C=O) groups is 1. The Morgan fingerprint density at radius 2 is 1.89 bits per heavy atom. The van der Waals surface area contributed by atoms with Crippen molar-refractivity contribution in [1.29, 1.82) is 0 Å². The number of methoxy groups -OCH3 is 3. The molecule has 8 nitrogen and oxygen atoms in total. The third-order valence-corrected chi connectivity index (χ3v) is 4.70. The molecule has 0 spiro atoms. The number of rotatable bonds is 7.